The van der Waals surface area contributed by atoms with Gasteiger partial charge in [-0.2, -0.15) is 13.2 Å². The number of hydrogen-bond acceptors (Lipinski definition) is 8. The summed E-state index contributed by atoms with van der Waals surface area (Å²) in [6, 6.07) is 5.55. The molecule has 3 aliphatic rings. The molecule has 1 aromatic carbocycles. The number of alkyl carbamates (subject to hydrolysis) is 1. The third kappa shape index (κ3) is 5.25. The molecule has 3 aliphatic heterocycles. The van der Waals surface area contributed by atoms with Crippen LogP contribution in [0, 0.1) is 0 Å². The number of nitrogens with one attached hydrogen (secondary N) is 1. The molecule has 0 radical (unpaired) electrons. The zero-order valence-corrected chi connectivity index (χ0v) is 21.5. The number of carboxylic acid groups (broad SMARTS) is 1. The average Bonchev–Trinajstić information content (AvgIpc) is 3.31. The molecule has 5 rings (SSSR count). The first-order chi connectivity index (χ1) is 17.6. The number of fused-ring (bicyclic) bond motifs is 1. The number of nitrogens with two attached hydrogens (primary N) is 1. The smallest absolute Gasteiger partial charge is 0.475 e. The van der Waals surface area contributed by atoms with Crippen LogP contribution in [-0.4, -0.2) is 69.0 Å². The molecule has 2 saturated heterocycles. The van der Waals surface area contributed by atoms with E-state index < -0.39 is 27.8 Å². The second-order valence-electron chi connectivity index (χ2n) is 9.00. The van der Waals surface area contributed by atoms with E-state index in [4.69, 9.17) is 32.0 Å². The highest BCUT2D eigenvalue weighted by atomic mass is 35.5. The van der Waals surface area contributed by atoms with Gasteiger partial charge in [-0.15, -0.1) is 0 Å². The molecule has 0 bridgehead atoms. The van der Waals surface area contributed by atoms with Crippen LogP contribution in [0.1, 0.15) is 18.4 Å². The second-order valence-corrected chi connectivity index (χ2v) is 11.4. The summed E-state index contributed by atoms with van der Waals surface area (Å²) in [6.07, 6.45) is -2.46. The number of rotatable bonds is 2. The number of halogens is 4. The minimum Gasteiger partial charge on any atom is -0.475 e. The lowest BCUT2D eigenvalue weighted by Gasteiger charge is -2.39. The maximum Gasteiger partial charge on any atom is 0.490 e. The molecule has 0 saturated carbocycles. The molecule has 206 valence electrons. The van der Waals surface area contributed by atoms with E-state index >= 15 is 0 Å². The number of nitrogen functional groups attached to an aromatic ring is 1. The highest BCUT2D eigenvalue weighted by Crippen LogP contribution is 2.44. The highest BCUT2D eigenvalue weighted by Gasteiger charge is 2.43. The number of piperidine rings is 1. The molecule has 4 N–H and O–H groups in total. The standard InChI is InChI=1S/C20H22ClN5O4S.C2HF3O2/c1-25-15-3-2-12(8-13(15)10-31(25,28)29)14-9-23-18(22)16(21)17(14)26-6-4-20(5-7-26)11-24-19(27)30-20;3-2(4,5)1(6)7/h2-3,8-9H,4-7,10-11H2,1H3,(H2,22,23)(H,24,27);(H,6,7). The van der Waals surface area contributed by atoms with Crippen molar-refractivity contribution in [2.45, 2.75) is 30.4 Å². The van der Waals surface area contributed by atoms with Crippen molar-refractivity contribution in [1.82, 2.24) is 10.3 Å². The van der Waals surface area contributed by atoms with Crippen LogP contribution in [-0.2, 0) is 25.3 Å². The number of sulfonamides is 1. The van der Waals surface area contributed by atoms with E-state index in [2.05, 4.69) is 15.2 Å². The number of ether oxygens (including phenoxy) is 1. The van der Waals surface area contributed by atoms with Crippen molar-refractivity contribution in [2.24, 2.45) is 0 Å². The van der Waals surface area contributed by atoms with Gasteiger partial charge in [-0.1, -0.05) is 17.7 Å². The molecule has 2 fully saturated rings. The van der Waals surface area contributed by atoms with Gasteiger partial charge in [-0.05, 0) is 23.3 Å². The van der Waals surface area contributed by atoms with Crippen LogP contribution in [0.2, 0.25) is 5.02 Å². The van der Waals surface area contributed by atoms with Gasteiger partial charge in [0.1, 0.15) is 16.4 Å². The van der Waals surface area contributed by atoms with E-state index in [1.54, 1.807) is 19.3 Å². The van der Waals surface area contributed by atoms with E-state index in [1.807, 2.05) is 12.1 Å². The molecule has 0 atom stereocenters. The third-order valence-electron chi connectivity index (χ3n) is 6.60. The minimum atomic E-state index is -5.08. The molecule has 1 spiro atoms. The summed E-state index contributed by atoms with van der Waals surface area (Å²) in [7, 11) is -1.77. The summed E-state index contributed by atoms with van der Waals surface area (Å²) in [5.74, 6) is -2.56. The first kappa shape index (κ1) is 27.6. The van der Waals surface area contributed by atoms with E-state index in [0.29, 0.717) is 43.2 Å². The van der Waals surface area contributed by atoms with Gasteiger partial charge in [0, 0.05) is 44.7 Å². The Morgan fingerprint density at radius 3 is 2.47 bits per heavy atom. The van der Waals surface area contributed by atoms with E-state index in [0.717, 1.165) is 22.4 Å². The fourth-order valence-electron chi connectivity index (χ4n) is 4.55. The molecule has 1 aromatic heterocycles. The Morgan fingerprint density at radius 1 is 1.29 bits per heavy atom. The minimum absolute atomic E-state index is 0.0389. The van der Waals surface area contributed by atoms with E-state index in [1.165, 1.54) is 4.31 Å². The molecular weight excluding hydrogens is 555 g/mol. The van der Waals surface area contributed by atoms with Crippen molar-refractivity contribution >= 4 is 50.9 Å². The van der Waals surface area contributed by atoms with Crippen LogP contribution in [0.5, 0.6) is 0 Å². The fraction of sp³-hybridized carbons (Fsp3) is 0.409. The number of aromatic nitrogens is 1. The normalized spacial score (nSPS) is 19.3. The Kier molecular flexibility index (Phi) is 7.03. The van der Waals surface area contributed by atoms with Gasteiger partial charge in [0.25, 0.3) is 0 Å². The lowest BCUT2D eigenvalue weighted by molar-refractivity contribution is -0.192. The maximum atomic E-state index is 12.3. The number of carboxylic acids is 1. The molecule has 2 aromatic rings. The quantitative estimate of drug-likeness (QED) is 0.488. The van der Waals surface area contributed by atoms with Gasteiger partial charge in [0.2, 0.25) is 10.0 Å². The Labute approximate surface area is 220 Å². The fourth-order valence-corrected chi connectivity index (χ4v) is 6.12. The van der Waals surface area contributed by atoms with E-state index in [9.17, 15) is 26.4 Å². The Balaban J connectivity index is 0.000000426. The Morgan fingerprint density at radius 2 is 1.92 bits per heavy atom. The predicted octanol–water partition coefficient (Wildman–Crippen LogP) is 2.98. The number of alkyl halides is 3. The van der Waals surface area contributed by atoms with Gasteiger partial charge in [0.05, 0.1) is 23.7 Å². The lowest BCUT2D eigenvalue weighted by atomic mass is 9.90. The number of aliphatic carboxylic acids is 1. The summed E-state index contributed by atoms with van der Waals surface area (Å²) >= 11 is 6.61. The molecular formula is C22H23ClF3N5O6S. The van der Waals surface area contributed by atoms with Gasteiger partial charge in [-0.3, -0.25) is 4.31 Å². The van der Waals surface area contributed by atoms with Crippen LogP contribution >= 0.6 is 11.6 Å². The van der Waals surface area contributed by atoms with E-state index in [-0.39, 0.29) is 17.7 Å². The highest BCUT2D eigenvalue weighted by molar-refractivity contribution is 7.92. The number of hydrogen-bond donors (Lipinski definition) is 3. The number of anilines is 3. The van der Waals surface area contributed by atoms with Crippen molar-refractivity contribution in [1.29, 1.82) is 0 Å². The van der Waals surface area contributed by atoms with Crippen LogP contribution in [0.25, 0.3) is 11.1 Å². The predicted molar refractivity (Wildman–Crippen MR) is 132 cm³/mol. The van der Waals surface area contributed by atoms with Crippen molar-refractivity contribution in [3.05, 3.63) is 35.0 Å². The zero-order valence-electron chi connectivity index (χ0n) is 19.9. The Bertz CT molecular complexity index is 1400. The molecule has 38 heavy (non-hydrogen) atoms. The number of benzene rings is 1. The van der Waals surface area contributed by atoms with Gasteiger partial charge < -0.3 is 25.8 Å². The second kappa shape index (κ2) is 9.69. The van der Waals surface area contributed by atoms with Gasteiger partial charge in [-0.25, -0.2) is 23.0 Å². The molecule has 4 heterocycles. The van der Waals surface area contributed by atoms with Crippen molar-refractivity contribution in [2.75, 3.05) is 41.6 Å². The average molecular weight is 578 g/mol. The number of pyridine rings is 1. The summed E-state index contributed by atoms with van der Waals surface area (Å²) in [5, 5.41) is 10.2. The first-order valence-electron chi connectivity index (χ1n) is 11.2. The van der Waals surface area contributed by atoms with Crippen LogP contribution in [0.15, 0.2) is 24.4 Å². The summed E-state index contributed by atoms with van der Waals surface area (Å²) in [5.41, 5.74) is 9.31. The lowest BCUT2D eigenvalue weighted by Crippen LogP contribution is -2.47. The number of amides is 1. The molecule has 0 unspecified atom stereocenters. The monoisotopic (exact) mass is 577 g/mol. The van der Waals surface area contributed by atoms with Crippen LogP contribution < -0.4 is 20.3 Å². The number of carbonyl (C=O) groups is 2. The SMILES string of the molecule is CN1c2ccc(-c3cnc(N)c(Cl)c3N3CCC4(CC3)CNC(=O)O4)cc2CS1(=O)=O.O=C(O)C(F)(F)F. The van der Waals surface area contributed by atoms with Gasteiger partial charge in [0.15, 0.2) is 0 Å². The molecule has 16 heteroatoms. The largest absolute Gasteiger partial charge is 0.490 e. The Hall–Kier alpha value is -3.46. The van der Waals surface area contributed by atoms with Crippen LogP contribution in [0.4, 0.5) is 35.2 Å². The summed E-state index contributed by atoms with van der Waals surface area (Å²) in [4.78, 5) is 26.8. The maximum absolute atomic E-state index is 12.3. The third-order valence-corrected chi connectivity index (χ3v) is 8.68. The van der Waals surface area contributed by atoms with Crippen molar-refractivity contribution in [3.63, 3.8) is 0 Å². The molecule has 1 amide bonds. The van der Waals surface area contributed by atoms with Crippen LogP contribution in [0.3, 0.4) is 0 Å². The zero-order chi connectivity index (χ0) is 28.0. The molecule has 0 aliphatic carbocycles. The first-order valence-corrected chi connectivity index (χ1v) is 13.2. The molecule has 11 nitrogen and oxygen atoms in total. The van der Waals surface area contributed by atoms with Gasteiger partial charge >= 0.3 is 18.2 Å². The van der Waals surface area contributed by atoms with Crippen molar-refractivity contribution < 1.29 is 41.0 Å². The topological polar surface area (TPSA) is 155 Å². The summed E-state index contributed by atoms with van der Waals surface area (Å²) < 4.78 is 63.1. The summed E-state index contributed by atoms with van der Waals surface area (Å²) in [6.45, 7) is 1.77. The number of nitrogens with zero attached hydrogens (tertiary/aromatic N) is 3. The number of carbonyl (C=O) groups excluding carboxylic acids is 1. The van der Waals surface area contributed by atoms with Crippen molar-refractivity contribution in [3.8, 4) is 11.1 Å².